The van der Waals surface area contributed by atoms with Gasteiger partial charge in [0.05, 0.1) is 5.69 Å². The standard InChI is InChI=1S/C9H13NOS/c1-3-12-11-8(2)9-6-4-5-7-10-9/h4-8H,3H2,1-2H3. The van der Waals surface area contributed by atoms with Gasteiger partial charge in [-0.1, -0.05) is 13.0 Å². The monoisotopic (exact) mass is 183 g/mol. The van der Waals surface area contributed by atoms with Gasteiger partial charge < -0.3 is 4.18 Å². The minimum atomic E-state index is 0.0798. The van der Waals surface area contributed by atoms with Crippen LogP contribution in [0.5, 0.6) is 0 Å². The lowest BCUT2D eigenvalue weighted by Crippen LogP contribution is -1.96. The van der Waals surface area contributed by atoms with Crippen molar-refractivity contribution in [3.8, 4) is 0 Å². The third kappa shape index (κ3) is 2.83. The van der Waals surface area contributed by atoms with Crippen molar-refractivity contribution in [2.75, 3.05) is 5.75 Å². The van der Waals surface area contributed by atoms with Crippen LogP contribution in [-0.4, -0.2) is 10.7 Å². The molecular weight excluding hydrogens is 170 g/mol. The van der Waals surface area contributed by atoms with Gasteiger partial charge in [-0.25, -0.2) is 0 Å². The van der Waals surface area contributed by atoms with Gasteiger partial charge in [0.15, 0.2) is 0 Å². The SMILES string of the molecule is CCSOC(C)c1ccccn1. The Morgan fingerprint density at radius 1 is 1.58 bits per heavy atom. The van der Waals surface area contributed by atoms with Crippen LogP contribution >= 0.6 is 12.0 Å². The number of hydrogen-bond acceptors (Lipinski definition) is 3. The molecule has 0 saturated heterocycles. The molecule has 1 atom stereocenters. The van der Waals surface area contributed by atoms with Crippen molar-refractivity contribution in [1.29, 1.82) is 0 Å². The molecule has 0 saturated carbocycles. The predicted octanol–water partition coefficient (Wildman–Crippen LogP) is 2.83. The lowest BCUT2D eigenvalue weighted by atomic mass is 10.2. The van der Waals surface area contributed by atoms with Crippen molar-refractivity contribution in [3.63, 3.8) is 0 Å². The second-order valence-electron chi connectivity index (χ2n) is 2.40. The molecular formula is C9H13NOS. The molecule has 0 amide bonds. The largest absolute Gasteiger partial charge is 0.306 e. The molecule has 0 N–H and O–H groups in total. The molecule has 0 aliphatic rings. The molecule has 1 aromatic rings. The zero-order chi connectivity index (χ0) is 8.81. The highest BCUT2D eigenvalue weighted by molar-refractivity contribution is 7.94. The number of rotatable bonds is 4. The van der Waals surface area contributed by atoms with Crippen molar-refractivity contribution in [3.05, 3.63) is 30.1 Å². The van der Waals surface area contributed by atoms with Crippen molar-refractivity contribution >= 4 is 12.0 Å². The zero-order valence-electron chi connectivity index (χ0n) is 7.36. The van der Waals surface area contributed by atoms with Crippen LogP contribution in [0.3, 0.4) is 0 Å². The van der Waals surface area contributed by atoms with Crippen molar-refractivity contribution < 1.29 is 4.18 Å². The highest BCUT2D eigenvalue weighted by Crippen LogP contribution is 2.19. The van der Waals surface area contributed by atoms with Gasteiger partial charge in [-0.05, 0) is 31.1 Å². The van der Waals surface area contributed by atoms with Crippen LogP contribution in [-0.2, 0) is 4.18 Å². The molecule has 0 bridgehead atoms. The summed E-state index contributed by atoms with van der Waals surface area (Å²) in [5.74, 6) is 0.969. The quantitative estimate of drug-likeness (QED) is 0.670. The van der Waals surface area contributed by atoms with Crippen molar-refractivity contribution in [2.24, 2.45) is 0 Å². The van der Waals surface area contributed by atoms with Gasteiger partial charge in [0, 0.05) is 11.9 Å². The summed E-state index contributed by atoms with van der Waals surface area (Å²) in [6, 6.07) is 5.85. The lowest BCUT2D eigenvalue weighted by Gasteiger charge is -2.09. The summed E-state index contributed by atoms with van der Waals surface area (Å²) in [4.78, 5) is 4.19. The molecule has 66 valence electrons. The number of aromatic nitrogens is 1. The second kappa shape index (κ2) is 5.17. The highest BCUT2D eigenvalue weighted by atomic mass is 32.2. The fraction of sp³-hybridized carbons (Fsp3) is 0.444. The van der Waals surface area contributed by atoms with E-state index < -0.39 is 0 Å². The Balaban J connectivity index is 2.48. The number of pyridine rings is 1. The number of nitrogens with zero attached hydrogens (tertiary/aromatic N) is 1. The zero-order valence-corrected chi connectivity index (χ0v) is 8.17. The van der Waals surface area contributed by atoms with E-state index in [0.717, 1.165) is 11.4 Å². The maximum Gasteiger partial charge on any atom is 0.111 e. The maximum absolute atomic E-state index is 5.43. The van der Waals surface area contributed by atoms with Crippen molar-refractivity contribution in [1.82, 2.24) is 4.98 Å². The first-order chi connectivity index (χ1) is 5.84. The summed E-state index contributed by atoms with van der Waals surface area (Å²) in [5.41, 5.74) is 0.985. The first-order valence-electron chi connectivity index (χ1n) is 4.03. The summed E-state index contributed by atoms with van der Waals surface area (Å²) in [5, 5.41) is 0. The molecule has 2 nitrogen and oxygen atoms in total. The van der Waals surface area contributed by atoms with Gasteiger partial charge >= 0.3 is 0 Å². The summed E-state index contributed by atoms with van der Waals surface area (Å²) < 4.78 is 5.43. The van der Waals surface area contributed by atoms with Crippen LogP contribution in [0.1, 0.15) is 25.6 Å². The molecule has 1 unspecified atom stereocenters. The average Bonchev–Trinajstić information content (AvgIpc) is 2.15. The second-order valence-corrected chi connectivity index (χ2v) is 3.41. The molecule has 0 radical (unpaired) electrons. The van der Waals surface area contributed by atoms with Crippen LogP contribution in [0.25, 0.3) is 0 Å². The summed E-state index contributed by atoms with van der Waals surface area (Å²) >= 11 is 1.47. The maximum atomic E-state index is 5.43. The van der Waals surface area contributed by atoms with E-state index in [1.165, 1.54) is 12.0 Å². The minimum Gasteiger partial charge on any atom is -0.306 e. The van der Waals surface area contributed by atoms with E-state index in [4.69, 9.17) is 4.18 Å². The topological polar surface area (TPSA) is 22.1 Å². The first kappa shape index (κ1) is 9.55. The fourth-order valence-electron chi connectivity index (χ4n) is 0.836. The Bertz CT molecular complexity index is 215. The van der Waals surface area contributed by atoms with Crippen molar-refractivity contribution in [2.45, 2.75) is 20.0 Å². The Kier molecular flexibility index (Phi) is 4.11. The Hall–Kier alpha value is -0.540. The minimum absolute atomic E-state index is 0.0798. The predicted molar refractivity (Wildman–Crippen MR) is 51.9 cm³/mol. The lowest BCUT2D eigenvalue weighted by molar-refractivity contribution is 0.267. The summed E-state index contributed by atoms with van der Waals surface area (Å²) in [6.07, 6.45) is 1.86. The normalized spacial score (nSPS) is 12.8. The van der Waals surface area contributed by atoms with E-state index >= 15 is 0 Å². The van der Waals surface area contributed by atoms with Crippen LogP contribution in [0.4, 0.5) is 0 Å². The third-order valence-corrected chi connectivity index (χ3v) is 2.09. The fourth-order valence-corrected chi connectivity index (χ4v) is 1.27. The van der Waals surface area contributed by atoms with E-state index in [-0.39, 0.29) is 6.10 Å². The average molecular weight is 183 g/mol. The van der Waals surface area contributed by atoms with E-state index in [1.807, 2.05) is 25.1 Å². The highest BCUT2D eigenvalue weighted by Gasteiger charge is 2.05. The molecule has 1 heterocycles. The van der Waals surface area contributed by atoms with Crippen LogP contribution in [0, 0.1) is 0 Å². The molecule has 1 rings (SSSR count). The molecule has 0 spiro atoms. The molecule has 0 aliphatic heterocycles. The molecule has 0 aliphatic carbocycles. The van der Waals surface area contributed by atoms with Gasteiger partial charge in [0.25, 0.3) is 0 Å². The molecule has 3 heteroatoms. The van der Waals surface area contributed by atoms with Gasteiger partial charge in [0.1, 0.15) is 6.10 Å². The first-order valence-corrected chi connectivity index (χ1v) is 4.95. The molecule has 12 heavy (non-hydrogen) atoms. The van der Waals surface area contributed by atoms with E-state index in [0.29, 0.717) is 0 Å². The molecule has 0 fully saturated rings. The van der Waals surface area contributed by atoms with Gasteiger partial charge in [-0.3, -0.25) is 4.98 Å². The summed E-state index contributed by atoms with van der Waals surface area (Å²) in [6.45, 7) is 4.07. The van der Waals surface area contributed by atoms with E-state index in [2.05, 4.69) is 11.9 Å². The Morgan fingerprint density at radius 2 is 2.42 bits per heavy atom. The molecule has 0 aromatic carbocycles. The molecule has 1 aromatic heterocycles. The Labute approximate surface area is 77.6 Å². The summed E-state index contributed by atoms with van der Waals surface area (Å²) in [7, 11) is 0. The van der Waals surface area contributed by atoms with Gasteiger partial charge in [-0.15, -0.1) is 0 Å². The van der Waals surface area contributed by atoms with Gasteiger partial charge in [0.2, 0.25) is 0 Å². The van der Waals surface area contributed by atoms with Gasteiger partial charge in [-0.2, -0.15) is 0 Å². The van der Waals surface area contributed by atoms with E-state index in [9.17, 15) is 0 Å². The third-order valence-electron chi connectivity index (χ3n) is 1.43. The van der Waals surface area contributed by atoms with Crippen LogP contribution in [0.2, 0.25) is 0 Å². The smallest absolute Gasteiger partial charge is 0.111 e. The number of hydrogen-bond donors (Lipinski definition) is 0. The van der Waals surface area contributed by atoms with Crippen LogP contribution < -0.4 is 0 Å². The van der Waals surface area contributed by atoms with E-state index in [1.54, 1.807) is 6.20 Å². The Morgan fingerprint density at radius 3 is 3.00 bits per heavy atom. The van der Waals surface area contributed by atoms with Crippen LogP contribution in [0.15, 0.2) is 24.4 Å².